The first-order chi connectivity index (χ1) is 8.83. The first-order valence-corrected chi connectivity index (χ1v) is 6.86. The fourth-order valence-corrected chi connectivity index (χ4v) is 2.29. The Morgan fingerprint density at radius 1 is 1.17 bits per heavy atom. The maximum atomic E-state index is 4.59. The Morgan fingerprint density at radius 3 is 2.61 bits per heavy atom. The Kier molecular flexibility index (Phi) is 4.75. The Balaban J connectivity index is 1.94. The zero-order valence-corrected chi connectivity index (χ0v) is 11.4. The standard InChI is InChI=1S/C13H23N5/c1-3-5-17-6-8-18(9-7-17)13-11-14-10-12(16-13)15-4-2/h10-11H,3-9H2,1-2H3,(H,15,16). The lowest BCUT2D eigenvalue weighted by Gasteiger charge is -2.35. The molecule has 1 fully saturated rings. The zero-order valence-electron chi connectivity index (χ0n) is 11.4. The van der Waals surface area contributed by atoms with E-state index in [0.717, 1.165) is 44.4 Å². The molecule has 1 N–H and O–H groups in total. The molecule has 5 heteroatoms. The maximum Gasteiger partial charge on any atom is 0.149 e. The van der Waals surface area contributed by atoms with Gasteiger partial charge in [0.05, 0.1) is 12.4 Å². The molecular formula is C13H23N5. The molecule has 0 atom stereocenters. The van der Waals surface area contributed by atoms with E-state index in [1.165, 1.54) is 13.0 Å². The van der Waals surface area contributed by atoms with E-state index < -0.39 is 0 Å². The average Bonchev–Trinajstić information content (AvgIpc) is 2.41. The van der Waals surface area contributed by atoms with Gasteiger partial charge in [-0.15, -0.1) is 0 Å². The molecule has 1 aliphatic heterocycles. The van der Waals surface area contributed by atoms with Crippen LogP contribution < -0.4 is 10.2 Å². The molecule has 0 bridgehead atoms. The molecule has 0 saturated carbocycles. The summed E-state index contributed by atoms with van der Waals surface area (Å²) in [5.74, 6) is 1.86. The van der Waals surface area contributed by atoms with Gasteiger partial charge in [0.1, 0.15) is 11.6 Å². The number of rotatable bonds is 5. The molecule has 0 amide bonds. The van der Waals surface area contributed by atoms with E-state index in [-0.39, 0.29) is 0 Å². The summed E-state index contributed by atoms with van der Waals surface area (Å²) in [6.07, 6.45) is 4.87. The van der Waals surface area contributed by atoms with E-state index in [0.29, 0.717) is 0 Å². The number of aromatic nitrogens is 2. The second-order valence-corrected chi connectivity index (χ2v) is 4.62. The molecule has 18 heavy (non-hydrogen) atoms. The number of piperazine rings is 1. The van der Waals surface area contributed by atoms with Crippen LogP contribution in [0.25, 0.3) is 0 Å². The van der Waals surface area contributed by atoms with Gasteiger partial charge in [-0.1, -0.05) is 6.92 Å². The van der Waals surface area contributed by atoms with Gasteiger partial charge in [-0.2, -0.15) is 0 Å². The summed E-state index contributed by atoms with van der Waals surface area (Å²) >= 11 is 0. The molecule has 2 rings (SSSR count). The lowest BCUT2D eigenvalue weighted by atomic mass is 10.3. The highest BCUT2D eigenvalue weighted by molar-refractivity contribution is 5.44. The van der Waals surface area contributed by atoms with Gasteiger partial charge in [-0.3, -0.25) is 9.88 Å². The summed E-state index contributed by atoms with van der Waals surface area (Å²) in [5, 5.41) is 3.21. The summed E-state index contributed by atoms with van der Waals surface area (Å²) in [5.41, 5.74) is 0. The first kappa shape index (κ1) is 13.1. The predicted molar refractivity (Wildman–Crippen MR) is 75.1 cm³/mol. The van der Waals surface area contributed by atoms with Crippen molar-refractivity contribution in [1.29, 1.82) is 0 Å². The van der Waals surface area contributed by atoms with Crippen molar-refractivity contribution in [3.8, 4) is 0 Å². The van der Waals surface area contributed by atoms with Gasteiger partial charge in [0.25, 0.3) is 0 Å². The normalized spacial score (nSPS) is 16.9. The van der Waals surface area contributed by atoms with Gasteiger partial charge in [-0.25, -0.2) is 4.98 Å². The lowest BCUT2D eigenvalue weighted by Crippen LogP contribution is -2.46. The summed E-state index contributed by atoms with van der Waals surface area (Å²) in [4.78, 5) is 13.7. The van der Waals surface area contributed by atoms with Gasteiger partial charge < -0.3 is 10.2 Å². The van der Waals surface area contributed by atoms with Crippen LogP contribution in [0, 0.1) is 0 Å². The topological polar surface area (TPSA) is 44.3 Å². The molecule has 1 aliphatic rings. The first-order valence-electron chi connectivity index (χ1n) is 6.86. The van der Waals surface area contributed by atoms with Gasteiger partial charge in [0, 0.05) is 32.7 Å². The molecule has 1 saturated heterocycles. The number of hydrogen-bond donors (Lipinski definition) is 1. The minimum Gasteiger partial charge on any atom is -0.369 e. The highest BCUT2D eigenvalue weighted by atomic mass is 15.3. The minimum absolute atomic E-state index is 0.867. The number of hydrogen-bond acceptors (Lipinski definition) is 5. The fraction of sp³-hybridized carbons (Fsp3) is 0.692. The maximum absolute atomic E-state index is 4.59. The molecule has 100 valence electrons. The van der Waals surface area contributed by atoms with E-state index in [1.807, 2.05) is 6.20 Å². The Bertz CT molecular complexity index is 360. The van der Waals surface area contributed by atoms with Crippen LogP contribution in [0.2, 0.25) is 0 Å². The number of nitrogens with one attached hydrogen (secondary N) is 1. The predicted octanol–water partition coefficient (Wildman–Crippen LogP) is 1.44. The largest absolute Gasteiger partial charge is 0.369 e. The van der Waals surface area contributed by atoms with Crippen LogP contribution in [0.4, 0.5) is 11.6 Å². The van der Waals surface area contributed by atoms with Gasteiger partial charge in [0.15, 0.2) is 0 Å². The second-order valence-electron chi connectivity index (χ2n) is 4.62. The summed E-state index contributed by atoms with van der Waals surface area (Å²) in [7, 11) is 0. The third-order valence-electron chi connectivity index (χ3n) is 3.22. The molecule has 0 spiro atoms. The molecule has 2 heterocycles. The van der Waals surface area contributed by atoms with Crippen molar-refractivity contribution in [2.75, 3.05) is 49.5 Å². The van der Waals surface area contributed by atoms with E-state index in [4.69, 9.17) is 0 Å². The Morgan fingerprint density at radius 2 is 1.94 bits per heavy atom. The van der Waals surface area contributed by atoms with Crippen molar-refractivity contribution in [3.05, 3.63) is 12.4 Å². The average molecular weight is 249 g/mol. The molecule has 1 aromatic rings. The number of nitrogens with zero attached hydrogens (tertiary/aromatic N) is 4. The molecule has 0 aromatic carbocycles. The summed E-state index contributed by atoms with van der Waals surface area (Å²) < 4.78 is 0. The Labute approximate surface area is 109 Å². The van der Waals surface area contributed by atoms with E-state index in [1.54, 1.807) is 6.20 Å². The molecular weight excluding hydrogens is 226 g/mol. The van der Waals surface area contributed by atoms with Crippen LogP contribution in [0.1, 0.15) is 20.3 Å². The monoisotopic (exact) mass is 249 g/mol. The van der Waals surface area contributed by atoms with Crippen LogP contribution in [-0.4, -0.2) is 54.1 Å². The molecule has 1 aromatic heterocycles. The van der Waals surface area contributed by atoms with Crippen molar-refractivity contribution < 1.29 is 0 Å². The second kappa shape index (κ2) is 6.54. The smallest absolute Gasteiger partial charge is 0.149 e. The van der Waals surface area contributed by atoms with E-state index in [9.17, 15) is 0 Å². The molecule has 0 aliphatic carbocycles. The van der Waals surface area contributed by atoms with Crippen LogP contribution in [-0.2, 0) is 0 Å². The SMILES string of the molecule is CCCN1CCN(c2cncc(NCC)n2)CC1. The minimum atomic E-state index is 0.867. The van der Waals surface area contributed by atoms with Crippen LogP contribution in [0.3, 0.4) is 0 Å². The van der Waals surface area contributed by atoms with Gasteiger partial charge >= 0.3 is 0 Å². The number of anilines is 2. The highest BCUT2D eigenvalue weighted by Crippen LogP contribution is 2.14. The highest BCUT2D eigenvalue weighted by Gasteiger charge is 2.17. The lowest BCUT2D eigenvalue weighted by molar-refractivity contribution is 0.258. The van der Waals surface area contributed by atoms with Crippen LogP contribution in [0.5, 0.6) is 0 Å². The van der Waals surface area contributed by atoms with Crippen LogP contribution >= 0.6 is 0 Å². The Hall–Kier alpha value is -1.36. The van der Waals surface area contributed by atoms with Crippen molar-refractivity contribution in [1.82, 2.24) is 14.9 Å². The van der Waals surface area contributed by atoms with Crippen molar-refractivity contribution in [3.63, 3.8) is 0 Å². The van der Waals surface area contributed by atoms with Gasteiger partial charge in [0.2, 0.25) is 0 Å². The van der Waals surface area contributed by atoms with Gasteiger partial charge in [-0.05, 0) is 19.9 Å². The van der Waals surface area contributed by atoms with E-state index >= 15 is 0 Å². The molecule has 5 nitrogen and oxygen atoms in total. The quantitative estimate of drug-likeness (QED) is 0.855. The third kappa shape index (κ3) is 3.32. The third-order valence-corrected chi connectivity index (χ3v) is 3.22. The molecule has 0 radical (unpaired) electrons. The molecule has 0 unspecified atom stereocenters. The summed E-state index contributed by atoms with van der Waals surface area (Å²) in [6.45, 7) is 10.7. The van der Waals surface area contributed by atoms with Crippen molar-refractivity contribution in [2.45, 2.75) is 20.3 Å². The van der Waals surface area contributed by atoms with Crippen molar-refractivity contribution >= 4 is 11.6 Å². The van der Waals surface area contributed by atoms with E-state index in [2.05, 4.69) is 38.9 Å². The summed E-state index contributed by atoms with van der Waals surface area (Å²) in [6, 6.07) is 0. The fourth-order valence-electron chi connectivity index (χ4n) is 2.29. The van der Waals surface area contributed by atoms with Crippen LogP contribution in [0.15, 0.2) is 12.4 Å². The zero-order chi connectivity index (χ0) is 12.8. The van der Waals surface area contributed by atoms with Crippen molar-refractivity contribution in [2.24, 2.45) is 0 Å².